The SMILES string of the molecule is CCSc1oc2c(C(C)NC(=O)O)cc(C)cc2c(=O)c1-c1cocn1. The van der Waals surface area contributed by atoms with Crippen molar-refractivity contribution >= 4 is 28.8 Å². The van der Waals surface area contributed by atoms with E-state index in [1.807, 2.05) is 19.9 Å². The molecule has 1 amide bonds. The van der Waals surface area contributed by atoms with Gasteiger partial charge in [0, 0.05) is 5.56 Å². The number of aryl methyl sites for hydroxylation is 1. The zero-order chi connectivity index (χ0) is 18.8. The third-order valence-corrected chi connectivity index (χ3v) is 4.74. The number of nitrogens with one attached hydrogen (secondary N) is 1. The molecule has 2 heterocycles. The Bertz CT molecular complexity index is 1010. The van der Waals surface area contributed by atoms with Crippen LogP contribution in [-0.4, -0.2) is 21.9 Å². The van der Waals surface area contributed by atoms with Crippen LogP contribution >= 0.6 is 11.8 Å². The van der Waals surface area contributed by atoms with Crippen LogP contribution in [0.5, 0.6) is 0 Å². The highest BCUT2D eigenvalue weighted by Crippen LogP contribution is 2.34. The number of fused-ring (bicyclic) bond motifs is 1. The maximum atomic E-state index is 13.2. The lowest BCUT2D eigenvalue weighted by Gasteiger charge is -2.16. The summed E-state index contributed by atoms with van der Waals surface area (Å²) in [7, 11) is 0. The van der Waals surface area contributed by atoms with Gasteiger partial charge in [-0.2, -0.15) is 0 Å². The Balaban J connectivity index is 2.33. The fraction of sp³-hybridized carbons (Fsp3) is 0.278. The molecule has 0 saturated carbocycles. The van der Waals surface area contributed by atoms with E-state index in [0.29, 0.717) is 38.6 Å². The quantitative estimate of drug-likeness (QED) is 0.645. The number of oxazole rings is 1. The molecule has 2 aromatic heterocycles. The van der Waals surface area contributed by atoms with Crippen molar-refractivity contribution in [2.24, 2.45) is 0 Å². The molecule has 0 bridgehead atoms. The van der Waals surface area contributed by atoms with Gasteiger partial charge in [0.05, 0.1) is 11.4 Å². The minimum Gasteiger partial charge on any atom is -0.465 e. The first-order chi connectivity index (χ1) is 12.4. The van der Waals surface area contributed by atoms with Crippen molar-refractivity contribution in [3.05, 3.63) is 46.1 Å². The normalized spacial score (nSPS) is 12.3. The van der Waals surface area contributed by atoms with Gasteiger partial charge in [0.25, 0.3) is 0 Å². The molecule has 1 aromatic carbocycles. The van der Waals surface area contributed by atoms with Gasteiger partial charge in [-0.25, -0.2) is 9.78 Å². The molecule has 2 N–H and O–H groups in total. The molecule has 0 spiro atoms. The van der Waals surface area contributed by atoms with Gasteiger partial charge in [0.1, 0.15) is 23.1 Å². The zero-order valence-corrected chi connectivity index (χ0v) is 15.3. The molecular formula is C18H18N2O5S. The summed E-state index contributed by atoms with van der Waals surface area (Å²) in [6.45, 7) is 5.51. The van der Waals surface area contributed by atoms with E-state index in [4.69, 9.17) is 13.9 Å². The summed E-state index contributed by atoms with van der Waals surface area (Å²) in [6.07, 6.45) is 1.53. The second kappa shape index (κ2) is 7.25. The first kappa shape index (κ1) is 18.1. The molecule has 0 aliphatic rings. The Hall–Kier alpha value is -2.74. The largest absolute Gasteiger partial charge is 0.465 e. The summed E-state index contributed by atoms with van der Waals surface area (Å²) >= 11 is 1.38. The first-order valence-corrected chi connectivity index (χ1v) is 9.03. The number of hydrogen-bond acceptors (Lipinski definition) is 6. The standard InChI is InChI=1S/C18H18N2O5S/c1-4-26-17-14(13-7-24-8-19-13)15(21)12-6-9(2)5-11(16(12)25-17)10(3)20-18(22)23/h5-8,10,20H,4H2,1-3H3,(H,22,23). The zero-order valence-electron chi connectivity index (χ0n) is 14.5. The number of aromatic nitrogens is 1. The monoisotopic (exact) mass is 374 g/mol. The van der Waals surface area contributed by atoms with Crippen LogP contribution in [0.3, 0.4) is 0 Å². The molecule has 136 valence electrons. The third-order valence-electron chi connectivity index (χ3n) is 3.90. The smallest absolute Gasteiger partial charge is 0.405 e. The molecule has 7 nitrogen and oxygen atoms in total. The molecule has 26 heavy (non-hydrogen) atoms. The summed E-state index contributed by atoms with van der Waals surface area (Å²) in [5.74, 6) is 0.698. The van der Waals surface area contributed by atoms with Crippen LogP contribution in [0, 0.1) is 6.92 Å². The van der Waals surface area contributed by atoms with E-state index >= 15 is 0 Å². The minimum absolute atomic E-state index is 0.219. The Labute approximate surface area is 153 Å². The van der Waals surface area contributed by atoms with Crippen molar-refractivity contribution in [1.82, 2.24) is 10.3 Å². The highest BCUT2D eigenvalue weighted by atomic mass is 32.2. The fourth-order valence-electron chi connectivity index (χ4n) is 2.83. The van der Waals surface area contributed by atoms with Crippen LogP contribution in [0.25, 0.3) is 22.2 Å². The number of rotatable bonds is 5. The van der Waals surface area contributed by atoms with Gasteiger partial charge in [0.2, 0.25) is 5.43 Å². The molecule has 1 unspecified atom stereocenters. The average molecular weight is 374 g/mol. The fourth-order valence-corrected chi connectivity index (χ4v) is 3.58. The number of benzene rings is 1. The molecule has 8 heteroatoms. The van der Waals surface area contributed by atoms with Crippen molar-refractivity contribution in [2.45, 2.75) is 31.9 Å². The van der Waals surface area contributed by atoms with Crippen LogP contribution in [0.15, 0.2) is 43.5 Å². The van der Waals surface area contributed by atoms with Crippen LogP contribution in [0.1, 0.15) is 31.0 Å². The van der Waals surface area contributed by atoms with Gasteiger partial charge in [-0.15, -0.1) is 0 Å². The van der Waals surface area contributed by atoms with Crippen LogP contribution in [0.4, 0.5) is 4.79 Å². The lowest BCUT2D eigenvalue weighted by Crippen LogP contribution is -2.25. The number of carboxylic acid groups (broad SMARTS) is 1. The molecular weight excluding hydrogens is 356 g/mol. The van der Waals surface area contributed by atoms with Gasteiger partial charge in [0.15, 0.2) is 11.5 Å². The first-order valence-electron chi connectivity index (χ1n) is 8.04. The van der Waals surface area contributed by atoms with E-state index in [2.05, 4.69) is 10.3 Å². The number of hydrogen-bond donors (Lipinski definition) is 2. The summed E-state index contributed by atoms with van der Waals surface area (Å²) in [5.41, 5.74) is 2.38. The maximum absolute atomic E-state index is 13.2. The number of carbonyl (C=O) groups is 1. The van der Waals surface area contributed by atoms with Gasteiger partial charge in [-0.3, -0.25) is 4.79 Å². The van der Waals surface area contributed by atoms with Gasteiger partial charge >= 0.3 is 6.09 Å². The maximum Gasteiger partial charge on any atom is 0.405 e. The highest BCUT2D eigenvalue weighted by molar-refractivity contribution is 7.99. The molecule has 3 aromatic rings. The molecule has 3 rings (SSSR count). The van der Waals surface area contributed by atoms with Gasteiger partial charge in [-0.1, -0.05) is 24.8 Å². The summed E-state index contributed by atoms with van der Waals surface area (Å²) < 4.78 is 11.1. The Morgan fingerprint density at radius 1 is 1.42 bits per heavy atom. The van der Waals surface area contributed by atoms with E-state index in [9.17, 15) is 9.59 Å². The number of nitrogens with zero attached hydrogens (tertiary/aromatic N) is 1. The minimum atomic E-state index is -1.14. The van der Waals surface area contributed by atoms with Crippen molar-refractivity contribution in [3.63, 3.8) is 0 Å². The Kier molecular flexibility index (Phi) is 5.03. The van der Waals surface area contributed by atoms with E-state index in [1.54, 1.807) is 13.0 Å². The summed E-state index contributed by atoms with van der Waals surface area (Å²) in [5, 5.41) is 12.3. The lowest BCUT2D eigenvalue weighted by atomic mass is 10.0. The number of thioether (sulfide) groups is 1. The second-order valence-corrected chi connectivity index (χ2v) is 7.04. The predicted molar refractivity (Wildman–Crippen MR) is 98.7 cm³/mol. The van der Waals surface area contributed by atoms with Crippen molar-refractivity contribution in [1.29, 1.82) is 0 Å². The predicted octanol–water partition coefficient (Wildman–Crippen LogP) is 4.20. The van der Waals surface area contributed by atoms with Crippen LogP contribution in [0.2, 0.25) is 0 Å². The molecule has 0 aliphatic carbocycles. The highest BCUT2D eigenvalue weighted by Gasteiger charge is 2.22. The number of amides is 1. The summed E-state index contributed by atoms with van der Waals surface area (Å²) in [6, 6.07) is 3.03. The lowest BCUT2D eigenvalue weighted by molar-refractivity contribution is 0.191. The van der Waals surface area contributed by atoms with Crippen molar-refractivity contribution < 1.29 is 18.7 Å². The second-order valence-electron chi connectivity index (χ2n) is 5.80. The Morgan fingerprint density at radius 2 is 2.19 bits per heavy atom. The molecule has 0 radical (unpaired) electrons. The van der Waals surface area contributed by atoms with Gasteiger partial charge in [-0.05, 0) is 31.2 Å². The molecule has 0 fully saturated rings. The Morgan fingerprint density at radius 3 is 2.81 bits per heavy atom. The summed E-state index contributed by atoms with van der Waals surface area (Å²) in [4.78, 5) is 28.3. The van der Waals surface area contributed by atoms with E-state index < -0.39 is 12.1 Å². The van der Waals surface area contributed by atoms with Gasteiger partial charge < -0.3 is 19.3 Å². The van der Waals surface area contributed by atoms with E-state index in [-0.39, 0.29) is 5.43 Å². The molecule has 1 atom stereocenters. The van der Waals surface area contributed by atoms with Crippen LogP contribution in [-0.2, 0) is 0 Å². The van der Waals surface area contributed by atoms with Crippen molar-refractivity contribution in [2.75, 3.05) is 5.75 Å². The van der Waals surface area contributed by atoms with E-state index in [1.165, 1.54) is 24.4 Å². The molecule has 0 aliphatic heterocycles. The average Bonchev–Trinajstić information content (AvgIpc) is 3.09. The van der Waals surface area contributed by atoms with Crippen molar-refractivity contribution in [3.8, 4) is 11.3 Å². The topological polar surface area (TPSA) is 106 Å². The van der Waals surface area contributed by atoms with Crippen LogP contribution < -0.4 is 10.7 Å². The third kappa shape index (κ3) is 3.32. The molecule has 0 saturated heterocycles. The van der Waals surface area contributed by atoms with E-state index in [0.717, 1.165) is 5.56 Å².